The van der Waals surface area contributed by atoms with Crippen LogP contribution in [0, 0.1) is 0 Å². The zero-order valence-electron chi connectivity index (χ0n) is 12.6. The van der Waals surface area contributed by atoms with Crippen LogP contribution in [0.4, 0.5) is 4.79 Å². The Balaban J connectivity index is 2.60. The maximum atomic E-state index is 11.9. The SMILES string of the molecule is CC(C)(CCC(=O)O)NC(=O)CN1C(=O)NC(C)(C)C1=O. The Kier molecular flexibility index (Phi) is 4.60. The lowest BCUT2D eigenvalue weighted by atomic mass is 9.98. The molecule has 0 aromatic rings. The molecule has 8 nitrogen and oxygen atoms in total. The average Bonchev–Trinajstić information content (AvgIpc) is 2.48. The Morgan fingerprint density at radius 1 is 1.33 bits per heavy atom. The maximum Gasteiger partial charge on any atom is 0.325 e. The van der Waals surface area contributed by atoms with E-state index >= 15 is 0 Å². The molecule has 1 heterocycles. The minimum atomic E-state index is -1.02. The van der Waals surface area contributed by atoms with Crippen molar-refractivity contribution in [2.45, 2.75) is 51.6 Å². The first-order chi connectivity index (χ1) is 9.44. The molecular formula is C13H21N3O5. The largest absolute Gasteiger partial charge is 0.481 e. The summed E-state index contributed by atoms with van der Waals surface area (Å²) in [6, 6.07) is -0.608. The third-order valence-electron chi connectivity index (χ3n) is 3.19. The van der Waals surface area contributed by atoms with Crippen LogP contribution in [-0.2, 0) is 14.4 Å². The fraction of sp³-hybridized carbons (Fsp3) is 0.692. The van der Waals surface area contributed by atoms with Crippen molar-refractivity contribution >= 4 is 23.8 Å². The number of rotatable bonds is 6. The molecule has 1 saturated heterocycles. The van der Waals surface area contributed by atoms with Crippen molar-refractivity contribution in [1.29, 1.82) is 0 Å². The molecule has 1 aliphatic heterocycles. The number of nitrogens with one attached hydrogen (secondary N) is 2. The van der Waals surface area contributed by atoms with E-state index in [0.29, 0.717) is 0 Å². The van der Waals surface area contributed by atoms with E-state index in [4.69, 9.17) is 5.11 Å². The zero-order chi connectivity index (χ0) is 16.4. The predicted molar refractivity (Wildman–Crippen MR) is 73.4 cm³/mol. The summed E-state index contributed by atoms with van der Waals surface area (Å²) >= 11 is 0. The Morgan fingerprint density at radius 3 is 2.33 bits per heavy atom. The number of urea groups is 1. The van der Waals surface area contributed by atoms with Crippen molar-refractivity contribution in [3.8, 4) is 0 Å². The molecular weight excluding hydrogens is 278 g/mol. The monoisotopic (exact) mass is 299 g/mol. The molecule has 118 valence electrons. The molecule has 0 atom stereocenters. The summed E-state index contributed by atoms with van der Waals surface area (Å²) in [5.41, 5.74) is -1.75. The van der Waals surface area contributed by atoms with Crippen LogP contribution >= 0.6 is 0 Å². The van der Waals surface area contributed by atoms with Gasteiger partial charge in [0.05, 0.1) is 0 Å². The second-order valence-electron chi connectivity index (χ2n) is 6.27. The van der Waals surface area contributed by atoms with Crippen LogP contribution in [0.2, 0.25) is 0 Å². The van der Waals surface area contributed by atoms with Gasteiger partial charge in [-0.25, -0.2) is 4.79 Å². The summed E-state index contributed by atoms with van der Waals surface area (Å²) in [5.74, 6) is -1.93. The summed E-state index contributed by atoms with van der Waals surface area (Å²) in [5, 5.41) is 13.8. The molecule has 1 aliphatic rings. The molecule has 21 heavy (non-hydrogen) atoms. The number of nitrogens with zero attached hydrogens (tertiary/aromatic N) is 1. The standard InChI is InChI=1S/C13H21N3O5/c1-12(2,6-5-9(18)19)14-8(17)7-16-10(20)13(3,4)15-11(16)21/h5-7H2,1-4H3,(H,14,17)(H,15,21)(H,18,19). The second kappa shape index (κ2) is 5.71. The molecule has 0 radical (unpaired) electrons. The van der Waals surface area contributed by atoms with Crippen LogP contribution in [0.1, 0.15) is 40.5 Å². The van der Waals surface area contributed by atoms with Gasteiger partial charge in [-0.2, -0.15) is 0 Å². The third kappa shape index (κ3) is 4.44. The first kappa shape index (κ1) is 16.9. The first-order valence-corrected chi connectivity index (χ1v) is 6.61. The topological polar surface area (TPSA) is 116 Å². The van der Waals surface area contributed by atoms with E-state index in [0.717, 1.165) is 4.90 Å². The summed E-state index contributed by atoms with van der Waals surface area (Å²) < 4.78 is 0. The summed E-state index contributed by atoms with van der Waals surface area (Å²) in [6.07, 6.45) is 0.170. The highest BCUT2D eigenvalue weighted by Crippen LogP contribution is 2.17. The number of carboxylic acids is 1. The van der Waals surface area contributed by atoms with Crippen LogP contribution in [0.25, 0.3) is 0 Å². The molecule has 0 saturated carbocycles. The Morgan fingerprint density at radius 2 is 1.90 bits per heavy atom. The Labute approximate surface area is 122 Å². The predicted octanol–water partition coefficient (Wildman–Crippen LogP) is 0.0764. The van der Waals surface area contributed by atoms with Crippen LogP contribution in [0.3, 0.4) is 0 Å². The number of carbonyl (C=O) groups is 4. The molecule has 8 heteroatoms. The van der Waals surface area contributed by atoms with E-state index in [1.807, 2.05) is 0 Å². The molecule has 1 rings (SSSR count). The Bertz CT molecular complexity index is 484. The highest BCUT2D eigenvalue weighted by Gasteiger charge is 2.45. The molecule has 0 aliphatic carbocycles. The van der Waals surface area contributed by atoms with Gasteiger partial charge in [-0.3, -0.25) is 19.3 Å². The van der Waals surface area contributed by atoms with Crippen molar-refractivity contribution in [3.05, 3.63) is 0 Å². The average molecular weight is 299 g/mol. The molecule has 0 aromatic heterocycles. The fourth-order valence-electron chi connectivity index (χ4n) is 2.00. The van der Waals surface area contributed by atoms with Crippen LogP contribution < -0.4 is 10.6 Å². The molecule has 4 amide bonds. The van der Waals surface area contributed by atoms with Crippen molar-refractivity contribution in [3.63, 3.8) is 0 Å². The lowest BCUT2D eigenvalue weighted by Gasteiger charge is -2.26. The normalized spacial score (nSPS) is 17.6. The fourth-order valence-corrected chi connectivity index (χ4v) is 2.00. The minimum Gasteiger partial charge on any atom is -0.481 e. The number of carboxylic acid groups (broad SMARTS) is 1. The molecule has 0 spiro atoms. The van der Waals surface area contributed by atoms with Crippen LogP contribution in [0.5, 0.6) is 0 Å². The van der Waals surface area contributed by atoms with Gasteiger partial charge in [-0.15, -0.1) is 0 Å². The van der Waals surface area contributed by atoms with Gasteiger partial charge in [0, 0.05) is 12.0 Å². The van der Waals surface area contributed by atoms with Crippen molar-refractivity contribution in [2.24, 2.45) is 0 Å². The van der Waals surface area contributed by atoms with E-state index in [1.165, 1.54) is 0 Å². The number of hydrogen-bond donors (Lipinski definition) is 3. The van der Waals surface area contributed by atoms with Gasteiger partial charge in [-0.05, 0) is 34.1 Å². The van der Waals surface area contributed by atoms with E-state index in [9.17, 15) is 19.2 Å². The van der Waals surface area contributed by atoms with Gasteiger partial charge in [0.1, 0.15) is 12.1 Å². The van der Waals surface area contributed by atoms with Gasteiger partial charge in [0.25, 0.3) is 5.91 Å². The summed E-state index contributed by atoms with van der Waals surface area (Å²) in [4.78, 5) is 46.9. The molecule has 3 N–H and O–H groups in total. The van der Waals surface area contributed by atoms with Gasteiger partial charge in [-0.1, -0.05) is 0 Å². The molecule has 0 bridgehead atoms. The van der Waals surface area contributed by atoms with Crippen LogP contribution in [-0.4, -0.2) is 51.4 Å². The highest BCUT2D eigenvalue weighted by atomic mass is 16.4. The van der Waals surface area contributed by atoms with Crippen LogP contribution in [0.15, 0.2) is 0 Å². The maximum absolute atomic E-state index is 11.9. The number of imide groups is 1. The number of hydrogen-bond acceptors (Lipinski definition) is 4. The summed E-state index contributed by atoms with van der Waals surface area (Å²) in [7, 11) is 0. The lowest BCUT2D eigenvalue weighted by Crippen LogP contribution is -2.49. The van der Waals surface area contributed by atoms with Gasteiger partial charge >= 0.3 is 12.0 Å². The van der Waals surface area contributed by atoms with Crippen molar-refractivity contribution in [2.75, 3.05) is 6.54 Å². The molecule has 1 fully saturated rings. The van der Waals surface area contributed by atoms with E-state index in [1.54, 1.807) is 27.7 Å². The number of aliphatic carboxylic acids is 1. The Hall–Kier alpha value is -2.12. The van der Waals surface area contributed by atoms with Crippen molar-refractivity contribution in [1.82, 2.24) is 15.5 Å². The molecule has 0 aromatic carbocycles. The molecule has 0 unspecified atom stereocenters. The summed E-state index contributed by atoms with van der Waals surface area (Å²) in [6.45, 7) is 6.10. The smallest absolute Gasteiger partial charge is 0.325 e. The van der Waals surface area contributed by atoms with Gasteiger partial charge < -0.3 is 15.7 Å². The quantitative estimate of drug-likeness (QED) is 0.600. The first-order valence-electron chi connectivity index (χ1n) is 6.61. The number of carbonyl (C=O) groups excluding carboxylic acids is 3. The van der Waals surface area contributed by atoms with E-state index in [-0.39, 0.29) is 19.4 Å². The van der Waals surface area contributed by atoms with E-state index in [2.05, 4.69) is 10.6 Å². The minimum absolute atomic E-state index is 0.0799. The lowest BCUT2D eigenvalue weighted by molar-refractivity contribution is -0.138. The van der Waals surface area contributed by atoms with Gasteiger partial charge in [0.15, 0.2) is 0 Å². The third-order valence-corrected chi connectivity index (χ3v) is 3.19. The van der Waals surface area contributed by atoms with Gasteiger partial charge in [0.2, 0.25) is 5.91 Å². The van der Waals surface area contributed by atoms with Crippen molar-refractivity contribution < 1.29 is 24.3 Å². The second-order valence-corrected chi connectivity index (χ2v) is 6.27. The zero-order valence-corrected chi connectivity index (χ0v) is 12.6. The highest BCUT2D eigenvalue weighted by molar-refractivity contribution is 6.08. The number of amides is 4. The van der Waals surface area contributed by atoms with E-state index < -0.39 is 34.9 Å².